The molecule has 0 aliphatic carbocycles. The number of anilines is 2. The van der Waals surface area contributed by atoms with Gasteiger partial charge in [-0.25, -0.2) is 0 Å². The zero-order valence-corrected chi connectivity index (χ0v) is 20.9. The van der Waals surface area contributed by atoms with Gasteiger partial charge in [-0.3, -0.25) is 9.59 Å². The highest BCUT2D eigenvalue weighted by Crippen LogP contribution is 2.17. The predicted molar refractivity (Wildman–Crippen MR) is 140 cm³/mol. The average molecular weight is 459 g/mol. The maximum absolute atomic E-state index is 12.9. The van der Waals surface area contributed by atoms with Gasteiger partial charge in [-0.05, 0) is 59.7 Å². The molecular formula is C28H34N4O2. The van der Waals surface area contributed by atoms with Crippen molar-refractivity contribution in [2.75, 3.05) is 52.1 Å². The molecule has 0 N–H and O–H groups in total. The Morgan fingerprint density at radius 3 is 1.06 bits per heavy atom. The number of amides is 2. The molecule has 0 spiro atoms. The maximum atomic E-state index is 12.9. The summed E-state index contributed by atoms with van der Waals surface area (Å²) in [7, 11) is 11.6. The molecule has 6 nitrogen and oxygen atoms in total. The minimum absolute atomic E-state index is 0.0787. The molecule has 0 aliphatic heterocycles. The fourth-order valence-electron chi connectivity index (χ4n) is 3.69. The normalized spacial score (nSPS) is 10.5. The fraction of sp³-hybridized carbons (Fsp3) is 0.286. The molecule has 3 rings (SSSR count). The molecule has 3 aromatic rings. The summed E-state index contributed by atoms with van der Waals surface area (Å²) in [5.74, 6) is -0.157. The van der Waals surface area contributed by atoms with Crippen LogP contribution in [-0.2, 0) is 13.1 Å². The molecule has 0 saturated heterocycles. The van der Waals surface area contributed by atoms with Crippen molar-refractivity contribution in [3.63, 3.8) is 0 Å². The van der Waals surface area contributed by atoms with Gasteiger partial charge in [0.25, 0.3) is 11.8 Å². The number of hydrogen-bond acceptors (Lipinski definition) is 4. The van der Waals surface area contributed by atoms with Crippen LogP contribution in [0.15, 0.2) is 72.8 Å². The van der Waals surface area contributed by atoms with Gasteiger partial charge in [0.2, 0.25) is 0 Å². The van der Waals surface area contributed by atoms with E-state index in [1.807, 2.05) is 86.5 Å². The third-order valence-electron chi connectivity index (χ3n) is 5.82. The molecule has 6 heteroatoms. The van der Waals surface area contributed by atoms with Gasteiger partial charge in [0.15, 0.2) is 0 Å². The highest BCUT2D eigenvalue weighted by Gasteiger charge is 2.16. The molecule has 0 aliphatic rings. The van der Waals surface area contributed by atoms with Crippen LogP contribution in [0, 0.1) is 0 Å². The lowest BCUT2D eigenvalue weighted by Gasteiger charge is -2.20. The number of benzene rings is 3. The molecule has 0 unspecified atom stereocenters. The first-order valence-corrected chi connectivity index (χ1v) is 11.3. The smallest absolute Gasteiger partial charge is 0.253 e. The Balaban J connectivity index is 1.60. The molecule has 178 valence electrons. The van der Waals surface area contributed by atoms with Gasteiger partial charge >= 0.3 is 0 Å². The second-order valence-corrected chi connectivity index (χ2v) is 9.02. The van der Waals surface area contributed by atoms with Crippen LogP contribution in [0.1, 0.15) is 31.8 Å². The van der Waals surface area contributed by atoms with E-state index in [1.165, 1.54) is 0 Å². The van der Waals surface area contributed by atoms with Crippen LogP contribution in [0.4, 0.5) is 11.4 Å². The first kappa shape index (κ1) is 24.8. The van der Waals surface area contributed by atoms with Gasteiger partial charge in [-0.2, -0.15) is 0 Å². The summed E-state index contributed by atoms with van der Waals surface area (Å²) in [4.78, 5) is 33.2. The molecular weight excluding hydrogens is 424 g/mol. The van der Waals surface area contributed by atoms with E-state index in [0.29, 0.717) is 24.2 Å². The van der Waals surface area contributed by atoms with Gasteiger partial charge in [0, 0.05) is 77.9 Å². The quantitative estimate of drug-likeness (QED) is 0.503. The Bertz CT molecular complexity index is 1010. The van der Waals surface area contributed by atoms with Crippen LogP contribution in [0.3, 0.4) is 0 Å². The van der Waals surface area contributed by atoms with Gasteiger partial charge in [-0.15, -0.1) is 0 Å². The highest BCUT2D eigenvalue weighted by molar-refractivity contribution is 5.97. The van der Waals surface area contributed by atoms with Crippen molar-refractivity contribution in [3.05, 3.63) is 95.1 Å². The topological polar surface area (TPSA) is 47.1 Å². The van der Waals surface area contributed by atoms with Gasteiger partial charge in [0.05, 0.1) is 0 Å². The zero-order valence-electron chi connectivity index (χ0n) is 20.9. The summed E-state index contributed by atoms with van der Waals surface area (Å²) in [6, 6.07) is 23.2. The number of nitrogens with zero attached hydrogens (tertiary/aromatic N) is 4. The number of carbonyl (C=O) groups is 2. The van der Waals surface area contributed by atoms with Crippen LogP contribution in [0.5, 0.6) is 0 Å². The van der Waals surface area contributed by atoms with E-state index in [1.54, 1.807) is 48.2 Å². The van der Waals surface area contributed by atoms with Crippen molar-refractivity contribution in [2.45, 2.75) is 13.1 Å². The van der Waals surface area contributed by atoms with Crippen LogP contribution in [0.2, 0.25) is 0 Å². The largest absolute Gasteiger partial charge is 0.378 e. The summed E-state index contributed by atoms with van der Waals surface area (Å²) < 4.78 is 0. The SMILES string of the molecule is CN(Cc1ccc(N(C)C)cc1)C(=O)c1ccc(C(=O)N(C)Cc2ccc(N(C)C)cc2)cc1. The number of hydrogen-bond donors (Lipinski definition) is 0. The van der Waals surface area contributed by atoms with E-state index in [4.69, 9.17) is 0 Å². The molecule has 2 amide bonds. The third kappa shape index (κ3) is 6.16. The highest BCUT2D eigenvalue weighted by atomic mass is 16.2. The average Bonchev–Trinajstić information content (AvgIpc) is 2.83. The molecule has 3 aromatic carbocycles. The minimum Gasteiger partial charge on any atom is -0.378 e. The zero-order chi connectivity index (χ0) is 24.8. The van der Waals surface area contributed by atoms with Crippen LogP contribution in [-0.4, -0.2) is 63.9 Å². The summed E-state index contributed by atoms with van der Waals surface area (Å²) in [6.07, 6.45) is 0. The van der Waals surface area contributed by atoms with E-state index in [0.717, 1.165) is 22.5 Å². The summed E-state index contributed by atoms with van der Waals surface area (Å²) in [5, 5.41) is 0. The summed E-state index contributed by atoms with van der Waals surface area (Å²) in [6.45, 7) is 1.03. The van der Waals surface area contributed by atoms with Crippen molar-refractivity contribution in [1.82, 2.24) is 9.80 Å². The number of rotatable bonds is 8. The molecule has 0 bridgehead atoms. The second kappa shape index (κ2) is 10.9. The Hall–Kier alpha value is -3.80. The molecule has 0 fully saturated rings. The second-order valence-electron chi connectivity index (χ2n) is 9.02. The Morgan fingerprint density at radius 2 is 0.794 bits per heavy atom. The van der Waals surface area contributed by atoms with Gasteiger partial charge in [-0.1, -0.05) is 24.3 Å². The van der Waals surface area contributed by atoms with Crippen molar-refractivity contribution >= 4 is 23.2 Å². The maximum Gasteiger partial charge on any atom is 0.253 e. The Labute approximate surface area is 203 Å². The van der Waals surface area contributed by atoms with Crippen LogP contribution >= 0.6 is 0 Å². The first-order valence-electron chi connectivity index (χ1n) is 11.3. The molecule has 34 heavy (non-hydrogen) atoms. The van der Waals surface area contributed by atoms with Crippen molar-refractivity contribution < 1.29 is 9.59 Å². The van der Waals surface area contributed by atoms with E-state index in [9.17, 15) is 9.59 Å². The first-order chi connectivity index (χ1) is 16.2. The van der Waals surface area contributed by atoms with Gasteiger partial charge in [0.1, 0.15) is 0 Å². The summed E-state index contributed by atoms with van der Waals surface area (Å²) >= 11 is 0. The van der Waals surface area contributed by atoms with E-state index in [2.05, 4.69) is 0 Å². The predicted octanol–water partition coefficient (Wildman–Crippen LogP) is 4.36. The fourth-order valence-corrected chi connectivity index (χ4v) is 3.69. The molecule has 0 radical (unpaired) electrons. The summed E-state index contributed by atoms with van der Waals surface area (Å²) in [5.41, 5.74) is 5.49. The van der Waals surface area contributed by atoms with E-state index < -0.39 is 0 Å². The Kier molecular flexibility index (Phi) is 7.95. The lowest BCUT2D eigenvalue weighted by molar-refractivity contribution is 0.0773. The third-order valence-corrected chi connectivity index (χ3v) is 5.82. The molecule has 0 aromatic heterocycles. The van der Waals surface area contributed by atoms with E-state index >= 15 is 0 Å². The lowest BCUT2D eigenvalue weighted by Crippen LogP contribution is -2.27. The van der Waals surface area contributed by atoms with Crippen molar-refractivity contribution in [3.8, 4) is 0 Å². The van der Waals surface area contributed by atoms with Gasteiger partial charge < -0.3 is 19.6 Å². The molecule has 0 atom stereocenters. The lowest BCUT2D eigenvalue weighted by atomic mass is 10.1. The molecule has 0 heterocycles. The minimum atomic E-state index is -0.0787. The van der Waals surface area contributed by atoms with Crippen molar-refractivity contribution in [2.24, 2.45) is 0 Å². The monoisotopic (exact) mass is 458 g/mol. The van der Waals surface area contributed by atoms with Crippen LogP contribution in [0.25, 0.3) is 0 Å². The van der Waals surface area contributed by atoms with Crippen LogP contribution < -0.4 is 9.80 Å². The molecule has 0 saturated carbocycles. The van der Waals surface area contributed by atoms with Crippen molar-refractivity contribution in [1.29, 1.82) is 0 Å². The van der Waals surface area contributed by atoms with E-state index in [-0.39, 0.29) is 11.8 Å². The standard InChI is InChI=1S/C28H34N4O2/c1-29(2)25-15-7-21(8-16-25)19-31(5)27(33)23-11-13-24(14-12-23)28(34)32(6)20-22-9-17-26(18-10-22)30(3)4/h7-18H,19-20H2,1-6H3. The Morgan fingerprint density at radius 1 is 0.500 bits per heavy atom. The number of carbonyl (C=O) groups excluding carboxylic acids is 2.